The monoisotopic (exact) mass is 223 g/mol. The summed E-state index contributed by atoms with van der Waals surface area (Å²) in [4.78, 5) is 32.4. The lowest BCUT2D eigenvalue weighted by Crippen LogP contribution is -2.15. The first-order chi connectivity index (χ1) is 7.47. The molecule has 0 aromatic heterocycles. The molecule has 0 spiro atoms. The average molecular weight is 223 g/mol. The highest BCUT2D eigenvalue weighted by Gasteiger charge is 2.19. The zero-order valence-electron chi connectivity index (χ0n) is 8.35. The molecule has 1 aromatic rings. The molecule has 0 radical (unpaired) electrons. The van der Waals surface area contributed by atoms with E-state index in [-0.39, 0.29) is 16.8 Å². The van der Waals surface area contributed by atoms with E-state index in [1.165, 1.54) is 25.2 Å². The van der Waals surface area contributed by atoms with Crippen molar-refractivity contribution in [2.24, 2.45) is 0 Å². The van der Waals surface area contributed by atoms with Gasteiger partial charge in [-0.15, -0.1) is 0 Å². The number of hydrogen-bond donors (Lipinski definition) is 3. The number of benzene rings is 1. The number of aromatic carboxylic acids is 1. The summed E-state index contributed by atoms with van der Waals surface area (Å²) in [5, 5.41) is 19.8. The lowest BCUT2D eigenvalue weighted by Gasteiger charge is -2.06. The first kappa shape index (κ1) is 11.7. The zero-order valence-corrected chi connectivity index (χ0v) is 8.35. The van der Waals surface area contributed by atoms with Crippen molar-refractivity contribution in [3.05, 3.63) is 29.3 Å². The number of anilines is 1. The zero-order chi connectivity index (χ0) is 12.3. The van der Waals surface area contributed by atoms with Gasteiger partial charge in [0.25, 0.3) is 5.78 Å². The Morgan fingerprint density at radius 2 is 1.81 bits per heavy atom. The van der Waals surface area contributed by atoms with Crippen molar-refractivity contribution < 1.29 is 24.6 Å². The highest BCUT2D eigenvalue weighted by atomic mass is 16.4. The van der Waals surface area contributed by atoms with Crippen molar-refractivity contribution in [3.63, 3.8) is 0 Å². The van der Waals surface area contributed by atoms with Crippen molar-refractivity contribution in [3.8, 4) is 0 Å². The van der Waals surface area contributed by atoms with Gasteiger partial charge in [-0.25, -0.2) is 9.59 Å². The Balaban J connectivity index is 3.27. The molecule has 1 rings (SSSR count). The standard InChI is InChI=1S/C10H9NO5/c1-11-7-4-5(9(13)14)2-3-6(7)8(12)10(15)16/h2-4,11H,1H3,(H,13,14)(H,15,16). The van der Waals surface area contributed by atoms with Gasteiger partial charge in [-0.1, -0.05) is 0 Å². The van der Waals surface area contributed by atoms with Gasteiger partial charge in [0.15, 0.2) is 0 Å². The summed E-state index contributed by atoms with van der Waals surface area (Å²) in [6.45, 7) is 0. The molecule has 0 unspecified atom stereocenters. The molecule has 0 fully saturated rings. The molecule has 0 amide bonds. The van der Waals surface area contributed by atoms with Crippen molar-refractivity contribution in [2.75, 3.05) is 12.4 Å². The topological polar surface area (TPSA) is 104 Å². The minimum Gasteiger partial charge on any atom is -0.478 e. The van der Waals surface area contributed by atoms with Gasteiger partial charge in [-0.05, 0) is 18.2 Å². The van der Waals surface area contributed by atoms with Crippen LogP contribution >= 0.6 is 0 Å². The number of aliphatic carboxylic acids is 1. The molecule has 0 saturated carbocycles. The van der Waals surface area contributed by atoms with Gasteiger partial charge in [0, 0.05) is 12.7 Å². The largest absolute Gasteiger partial charge is 0.478 e. The predicted octanol–water partition coefficient (Wildman–Crippen LogP) is 0.694. The molecule has 0 aliphatic carbocycles. The van der Waals surface area contributed by atoms with Gasteiger partial charge < -0.3 is 15.5 Å². The molecule has 16 heavy (non-hydrogen) atoms. The fourth-order valence-electron chi connectivity index (χ4n) is 1.20. The molecule has 0 bridgehead atoms. The van der Waals surface area contributed by atoms with Crippen LogP contribution in [0.5, 0.6) is 0 Å². The Morgan fingerprint density at radius 1 is 1.19 bits per heavy atom. The molecule has 0 saturated heterocycles. The van der Waals surface area contributed by atoms with Crippen molar-refractivity contribution in [2.45, 2.75) is 0 Å². The maximum atomic E-state index is 11.2. The molecular weight excluding hydrogens is 214 g/mol. The van der Waals surface area contributed by atoms with Gasteiger partial charge in [-0.3, -0.25) is 4.79 Å². The summed E-state index contributed by atoms with van der Waals surface area (Å²) in [6.07, 6.45) is 0. The third-order valence-electron chi connectivity index (χ3n) is 1.97. The molecule has 84 valence electrons. The summed E-state index contributed by atoms with van der Waals surface area (Å²) >= 11 is 0. The summed E-state index contributed by atoms with van der Waals surface area (Å²) in [5.74, 6) is -3.81. The van der Waals surface area contributed by atoms with Crippen LogP contribution in [0.1, 0.15) is 20.7 Å². The second kappa shape index (κ2) is 4.43. The third kappa shape index (κ3) is 2.17. The van der Waals surface area contributed by atoms with Crippen LogP contribution in [-0.2, 0) is 4.79 Å². The van der Waals surface area contributed by atoms with Crippen molar-refractivity contribution in [1.82, 2.24) is 0 Å². The summed E-state index contributed by atoms with van der Waals surface area (Å²) in [5.41, 5.74) is 0.0820. The first-order valence-corrected chi connectivity index (χ1v) is 4.30. The molecule has 6 nitrogen and oxygen atoms in total. The average Bonchev–Trinajstić information content (AvgIpc) is 2.26. The molecule has 0 heterocycles. The van der Waals surface area contributed by atoms with Gasteiger partial charge in [0.1, 0.15) is 0 Å². The number of carbonyl (C=O) groups is 3. The molecule has 0 aliphatic heterocycles. The van der Waals surface area contributed by atoms with E-state index in [1.807, 2.05) is 0 Å². The number of Topliss-reactive ketones (excluding diaryl/α,β-unsaturated/α-hetero) is 1. The van der Waals surface area contributed by atoms with Crippen LogP contribution in [0, 0.1) is 0 Å². The Labute approximate surface area is 90.5 Å². The van der Waals surface area contributed by atoms with Crippen LogP contribution in [0.25, 0.3) is 0 Å². The van der Waals surface area contributed by atoms with Crippen LogP contribution < -0.4 is 5.32 Å². The molecule has 0 aliphatic rings. The smallest absolute Gasteiger partial charge is 0.377 e. The molecule has 6 heteroatoms. The summed E-state index contributed by atoms with van der Waals surface area (Å²) < 4.78 is 0. The Morgan fingerprint density at radius 3 is 2.25 bits per heavy atom. The minimum atomic E-state index is -1.58. The van der Waals surface area contributed by atoms with E-state index in [0.717, 1.165) is 0 Å². The Kier molecular flexibility index (Phi) is 3.24. The fourth-order valence-corrected chi connectivity index (χ4v) is 1.20. The van der Waals surface area contributed by atoms with Crippen LogP contribution in [0.2, 0.25) is 0 Å². The van der Waals surface area contributed by atoms with E-state index >= 15 is 0 Å². The second-order valence-corrected chi connectivity index (χ2v) is 2.95. The number of carbonyl (C=O) groups excluding carboxylic acids is 1. The molecule has 1 aromatic carbocycles. The molecule has 0 atom stereocenters. The van der Waals surface area contributed by atoms with Crippen LogP contribution in [0.4, 0.5) is 5.69 Å². The Bertz CT molecular complexity index is 466. The number of carboxylic acid groups (broad SMARTS) is 2. The number of carboxylic acids is 2. The lowest BCUT2D eigenvalue weighted by atomic mass is 10.1. The van der Waals surface area contributed by atoms with E-state index in [1.54, 1.807) is 0 Å². The quantitative estimate of drug-likeness (QED) is 0.512. The summed E-state index contributed by atoms with van der Waals surface area (Å²) in [7, 11) is 1.47. The number of rotatable bonds is 4. The number of ketones is 1. The van der Waals surface area contributed by atoms with E-state index < -0.39 is 17.7 Å². The van der Waals surface area contributed by atoms with Gasteiger partial charge in [0.05, 0.1) is 11.1 Å². The van der Waals surface area contributed by atoms with E-state index in [2.05, 4.69) is 5.32 Å². The second-order valence-electron chi connectivity index (χ2n) is 2.95. The normalized spacial score (nSPS) is 9.56. The number of hydrogen-bond acceptors (Lipinski definition) is 4. The minimum absolute atomic E-state index is 0.0220. The van der Waals surface area contributed by atoms with Crippen LogP contribution in [0.3, 0.4) is 0 Å². The van der Waals surface area contributed by atoms with E-state index in [0.29, 0.717) is 0 Å². The molecular formula is C10H9NO5. The number of nitrogens with one attached hydrogen (secondary N) is 1. The highest BCUT2D eigenvalue weighted by molar-refractivity contribution is 6.41. The fraction of sp³-hybridized carbons (Fsp3) is 0.100. The maximum absolute atomic E-state index is 11.2. The third-order valence-corrected chi connectivity index (χ3v) is 1.97. The lowest BCUT2D eigenvalue weighted by molar-refractivity contribution is -0.131. The van der Waals surface area contributed by atoms with Crippen molar-refractivity contribution in [1.29, 1.82) is 0 Å². The van der Waals surface area contributed by atoms with E-state index in [4.69, 9.17) is 10.2 Å². The Hall–Kier alpha value is -2.37. The van der Waals surface area contributed by atoms with E-state index in [9.17, 15) is 14.4 Å². The van der Waals surface area contributed by atoms with Gasteiger partial charge in [-0.2, -0.15) is 0 Å². The van der Waals surface area contributed by atoms with Crippen LogP contribution in [0.15, 0.2) is 18.2 Å². The van der Waals surface area contributed by atoms with Crippen LogP contribution in [-0.4, -0.2) is 35.0 Å². The highest BCUT2D eigenvalue weighted by Crippen LogP contribution is 2.18. The molecule has 3 N–H and O–H groups in total. The van der Waals surface area contributed by atoms with Gasteiger partial charge >= 0.3 is 11.9 Å². The SMILES string of the molecule is CNc1cc(C(=O)O)ccc1C(=O)C(=O)O. The van der Waals surface area contributed by atoms with Crippen molar-refractivity contribution >= 4 is 23.4 Å². The van der Waals surface area contributed by atoms with Gasteiger partial charge in [0.2, 0.25) is 0 Å². The predicted molar refractivity (Wildman–Crippen MR) is 54.9 cm³/mol. The maximum Gasteiger partial charge on any atom is 0.377 e. The summed E-state index contributed by atoms with van der Waals surface area (Å²) in [6, 6.07) is 3.56. The first-order valence-electron chi connectivity index (χ1n) is 4.30.